The molecule has 12 N–H and O–H groups in total. The van der Waals surface area contributed by atoms with E-state index in [0.717, 1.165) is 6.92 Å². The molecule has 474 valence electrons. The number of benzene rings is 1. The third kappa shape index (κ3) is 17.4. The lowest BCUT2D eigenvalue weighted by molar-refractivity contribution is -0.373. The second-order valence-electron chi connectivity index (χ2n) is 23.1. The van der Waals surface area contributed by atoms with Gasteiger partial charge < -0.3 is 95.0 Å². The zero-order valence-electron chi connectivity index (χ0n) is 50.3. The van der Waals surface area contributed by atoms with Crippen LogP contribution in [0.15, 0.2) is 30.3 Å². The number of nitrogens with one attached hydrogen (secondary N) is 4. The molecule has 3 fully saturated rings. The molecule has 0 saturated carbocycles. The standard InChI is InChI=1S/C57H96N6O20/c1-14-30(6)45(62(11)54(75)43(29(4)5)59-25-37(68)42(58-10)28(2)3)39(78-12)23-41(70)63-22-18-21-35(63)49(79-13)31(7)53(74)60-32(8)50(34-19-16-15-17-20-34)81-55-48(73)52(47(72)40(27-65)80-55)83-57(56(76)77)24-36(67)44(61-33(9)66)51(82-57)46(71)38(69)26-64/h15-17,19-20,28-32,35-36,38-40,42-52,55,58-59,64-65,67,69,71-73H,14,18,21-27H2,1-13H3,(H,60,74)(H,61,66)(H,76,77). The number of ether oxygens (including phenoxy) is 6. The van der Waals surface area contributed by atoms with Crippen LogP contribution in [0.2, 0.25) is 0 Å². The highest BCUT2D eigenvalue weighted by Crippen LogP contribution is 2.39. The van der Waals surface area contributed by atoms with Crippen molar-refractivity contribution >= 4 is 35.4 Å². The van der Waals surface area contributed by atoms with Crippen LogP contribution in [-0.4, -0.2) is 250 Å². The molecule has 1 aromatic rings. The van der Waals surface area contributed by atoms with Gasteiger partial charge in [0.05, 0.1) is 86.7 Å². The molecule has 3 aliphatic heterocycles. The van der Waals surface area contributed by atoms with Gasteiger partial charge in [0.15, 0.2) is 12.1 Å². The molecule has 4 rings (SSSR count). The first-order valence-electron chi connectivity index (χ1n) is 28.8. The Hall–Kier alpha value is -4.36. The summed E-state index contributed by atoms with van der Waals surface area (Å²) in [4.78, 5) is 85.2. The lowest BCUT2D eigenvalue weighted by atomic mass is 9.88. The van der Waals surface area contributed by atoms with Gasteiger partial charge in [-0.1, -0.05) is 85.2 Å². The fourth-order valence-corrected chi connectivity index (χ4v) is 11.8. The van der Waals surface area contributed by atoms with Crippen LogP contribution >= 0.6 is 0 Å². The Labute approximate surface area is 487 Å². The van der Waals surface area contributed by atoms with Gasteiger partial charge >= 0.3 is 5.97 Å². The van der Waals surface area contributed by atoms with E-state index in [2.05, 4.69) is 21.3 Å². The Kier molecular flexibility index (Phi) is 27.8. The highest BCUT2D eigenvalue weighted by molar-refractivity contribution is 5.88. The Morgan fingerprint density at radius 2 is 1.55 bits per heavy atom. The molecule has 0 bridgehead atoms. The molecule has 3 aliphatic rings. The van der Waals surface area contributed by atoms with E-state index < -0.39 is 153 Å². The van der Waals surface area contributed by atoms with Crippen LogP contribution in [0.4, 0.5) is 0 Å². The number of aliphatic hydroxyl groups is 7. The highest BCUT2D eigenvalue weighted by atomic mass is 16.8. The van der Waals surface area contributed by atoms with E-state index in [1.165, 1.54) is 14.2 Å². The number of likely N-dealkylation sites (tertiary alicyclic amines) is 1. The third-order valence-corrected chi connectivity index (χ3v) is 16.6. The Morgan fingerprint density at radius 1 is 0.916 bits per heavy atom. The minimum Gasteiger partial charge on any atom is -0.477 e. The summed E-state index contributed by atoms with van der Waals surface area (Å²) < 4.78 is 36.1. The van der Waals surface area contributed by atoms with E-state index in [9.17, 15) is 69.6 Å². The number of ketones is 1. The lowest BCUT2D eigenvalue weighted by Crippen LogP contribution is -2.70. The van der Waals surface area contributed by atoms with Crippen molar-refractivity contribution in [1.82, 2.24) is 31.1 Å². The molecule has 3 saturated heterocycles. The van der Waals surface area contributed by atoms with Crippen LogP contribution in [0.1, 0.15) is 106 Å². The molecule has 3 heterocycles. The lowest BCUT2D eigenvalue weighted by Gasteiger charge is -2.50. The number of rotatable bonds is 32. The number of carboxylic acids is 1. The molecule has 83 heavy (non-hydrogen) atoms. The molecule has 0 spiro atoms. The first kappa shape index (κ1) is 71.1. The fourth-order valence-electron chi connectivity index (χ4n) is 11.8. The summed E-state index contributed by atoms with van der Waals surface area (Å²) >= 11 is 0. The van der Waals surface area contributed by atoms with E-state index in [0.29, 0.717) is 31.4 Å². The van der Waals surface area contributed by atoms with Gasteiger partial charge in [-0.25, -0.2) is 4.79 Å². The number of nitrogens with zero attached hydrogens (tertiary/aromatic N) is 2. The number of likely N-dealkylation sites (N-methyl/N-ethyl adjacent to an activating group) is 2. The van der Waals surface area contributed by atoms with Crippen molar-refractivity contribution in [3.63, 3.8) is 0 Å². The van der Waals surface area contributed by atoms with Crippen molar-refractivity contribution in [2.24, 2.45) is 23.7 Å². The normalized spacial score (nSPS) is 28.9. The molecule has 0 aromatic heterocycles. The number of carbonyl (C=O) groups is 6. The number of aliphatic hydroxyl groups excluding tert-OH is 7. The smallest absolute Gasteiger partial charge is 0.364 e. The van der Waals surface area contributed by atoms with Crippen molar-refractivity contribution in [1.29, 1.82) is 0 Å². The van der Waals surface area contributed by atoms with Crippen LogP contribution in [0.5, 0.6) is 0 Å². The number of carboxylic acid groups (broad SMARTS) is 1. The number of Topliss-reactive ketones (excluding diaryl/α,β-unsaturated/α-hetero) is 1. The second-order valence-corrected chi connectivity index (χ2v) is 23.1. The first-order valence-corrected chi connectivity index (χ1v) is 28.8. The fraction of sp³-hybridized carbons (Fsp3) is 0.789. The zero-order chi connectivity index (χ0) is 62.4. The number of carbonyl (C=O) groups excluding carboxylic acids is 5. The van der Waals surface area contributed by atoms with Crippen molar-refractivity contribution in [2.75, 3.05) is 54.6 Å². The topological polar surface area (TPSA) is 374 Å². The maximum absolute atomic E-state index is 14.6. The third-order valence-electron chi connectivity index (χ3n) is 16.6. The maximum atomic E-state index is 14.6. The van der Waals surface area contributed by atoms with E-state index in [-0.39, 0.29) is 54.4 Å². The molecule has 1 aromatic carbocycles. The highest BCUT2D eigenvalue weighted by Gasteiger charge is 2.60. The quantitative estimate of drug-likeness (QED) is 0.0393. The first-order chi connectivity index (χ1) is 39.1. The van der Waals surface area contributed by atoms with E-state index >= 15 is 0 Å². The maximum Gasteiger partial charge on any atom is 0.364 e. The SMILES string of the molecule is CCC(C)C(C(CC(=O)N1CCCC1C(OC)C(C)C(=O)NC(C)C(OC1OC(CO)C(O)C(OC2(C(=O)O)CC(O)C(NC(C)=O)C(C(O)C(O)CO)O2)C1O)c1ccccc1)OC)N(C)C(=O)C(NCC(=O)C(NC)C(C)C)C(C)C. The molecule has 0 radical (unpaired) electrons. The molecule has 21 atom stereocenters. The van der Waals surface area contributed by atoms with Gasteiger partial charge in [0, 0.05) is 41.2 Å². The molecule has 4 amide bonds. The van der Waals surface area contributed by atoms with Gasteiger partial charge in [-0.2, -0.15) is 0 Å². The molecule has 26 nitrogen and oxygen atoms in total. The predicted molar refractivity (Wildman–Crippen MR) is 299 cm³/mol. The summed E-state index contributed by atoms with van der Waals surface area (Å²) in [6.45, 7) is 14.4. The predicted octanol–water partition coefficient (Wildman–Crippen LogP) is -1.43. The second kappa shape index (κ2) is 32.4. The molecule has 21 unspecified atom stereocenters. The summed E-state index contributed by atoms with van der Waals surface area (Å²) in [7, 11) is 6.37. The molecule has 0 aliphatic carbocycles. The van der Waals surface area contributed by atoms with Gasteiger partial charge in [-0.15, -0.1) is 0 Å². The van der Waals surface area contributed by atoms with Crippen molar-refractivity contribution in [3.05, 3.63) is 35.9 Å². The Bertz CT molecular complexity index is 2240. The van der Waals surface area contributed by atoms with Crippen LogP contribution in [-0.2, 0) is 57.2 Å². The number of aliphatic carboxylic acids is 1. The van der Waals surface area contributed by atoms with Crippen LogP contribution in [0, 0.1) is 23.7 Å². The van der Waals surface area contributed by atoms with Crippen LogP contribution in [0.3, 0.4) is 0 Å². The summed E-state index contributed by atoms with van der Waals surface area (Å²) in [6, 6.07) is 3.69. The largest absolute Gasteiger partial charge is 0.477 e. The van der Waals surface area contributed by atoms with Crippen molar-refractivity contribution in [2.45, 2.75) is 210 Å². The average Bonchev–Trinajstić information content (AvgIpc) is 2.53. The minimum absolute atomic E-state index is 0.0155. The summed E-state index contributed by atoms with van der Waals surface area (Å²) in [5, 5.41) is 98.2. The number of amides is 4. The zero-order valence-corrected chi connectivity index (χ0v) is 50.3. The van der Waals surface area contributed by atoms with Gasteiger partial charge in [0.1, 0.15) is 48.8 Å². The number of hydrogen-bond acceptors (Lipinski definition) is 21. The van der Waals surface area contributed by atoms with Gasteiger partial charge in [-0.3, -0.25) is 29.3 Å². The van der Waals surface area contributed by atoms with Crippen LogP contribution in [0.25, 0.3) is 0 Å². The van der Waals surface area contributed by atoms with Crippen molar-refractivity contribution < 1.29 is 98.0 Å². The summed E-state index contributed by atoms with van der Waals surface area (Å²) in [6.07, 6.45) is -19.7. The number of methoxy groups -OCH3 is 2. The van der Waals surface area contributed by atoms with Gasteiger partial charge in [-0.05, 0) is 50.1 Å². The van der Waals surface area contributed by atoms with Crippen molar-refractivity contribution in [3.8, 4) is 0 Å². The summed E-state index contributed by atoms with van der Waals surface area (Å²) in [5.41, 5.74) is 0.443. The minimum atomic E-state index is -3.03. The molecular formula is C57H96N6O20. The monoisotopic (exact) mass is 1180 g/mol. The number of hydrogen-bond donors (Lipinski definition) is 12. The molecule has 26 heteroatoms. The Balaban J connectivity index is 1.57. The van der Waals surface area contributed by atoms with Gasteiger partial charge in [0.25, 0.3) is 5.79 Å². The van der Waals surface area contributed by atoms with E-state index in [1.807, 2.05) is 41.5 Å². The van der Waals surface area contributed by atoms with E-state index in [4.69, 9.17) is 28.4 Å². The van der Waals surface area contributed by atoms with E-state index in [1.54, 1.807) is 68.1 Å². The Morgan fingerprint density at radius 3 is 2.08 bits per heavy atom. The average molecular weight is 1190 g/mol. The molecular weight excluding hydrogens is 1090 g/mol. The van der Waals surface area contributed by atoms with Crippen LogP contribution < -0.4 is 21.3 Å². The summed E-state index contributed by atoms with van der Waals surface area (Å²) in [5.74, 6) is -7.95. The van der Waals surface area contributed by atoms with Gasteiger partial charge in [0.2, 0.25) is 23.6 Å².